The molecule has 58 heavy (non-hydrogen) atoms. The van der Waals surface area contributed by atoms with Gasteiger partial charge in [-0.2, -0.15) is 0 Å². The number of benzene rings is 9. The predicted molar refractivity (Wildman–Crippen MR) is 235 cm³/mol. The van der Waals surface area contributed by atoms with E-state index in [1.165, 1.54) is 55.6 Å². The molecule has 2 aliphatic carbocycles. The van der Waals surface area contributed by atoms with Gasteiger partial charge in [0.05, 0.1) is 5.41 Å². The van der Waals surface area contributed by atoms with Gasteiger partial charge in [-0.1, -0.05) is 158 Å². The third-order valence-electron chi connectivity index (χ3n) is 12.2. The van der Waals surface area contributed by atoms with E-state index in [9.17, 15) is 0 Å². The number of hydrogen-bond donors (Lipinski definition) is 0. The van der Waals surface area contributed by atoms with Gasteiger partial charge in [-0.15, -0.1) is 0 Å². The third-order valence-corrected chi connectivity index (χ3v) is 12.2. The van der Waals surface area contributed by atoms with Crippen molar-refractivity contribution < 1.29 is 9.47 Å². The molecular weight excluding hydrogens is 707 g/mol. The smallest absolute Gasteiger partial charge is 0.178 e. The van der Waals surface area contributed by atoms with Crippen LogP contribution in [0.4, 0.5) is 17.1 Å². The van der Waals surface area contributed by atoms with E-state index < -0.39 is 5.41 Å². The molecule has 0 amide bonds. The minimum Gasteiger partial charge on any atom is -0.449 e. The zero-order valence-corrected chi connectivity index (χ0v) is 31.5. The Morgan fingerprint density at radius 3 is 1.34 bits per heavy atom. The second-order valence-electron chi connectivity index (χ2n) is 15.2. The predicted octanol–water partition coefficient (Wildman–Crippen LogP) is 14.7. The molecule has 3 aliphatic rings. The highest BCUT2D eigenvalue weighted by molar-refractivity contribution is 5.99. The normalized spacial score (nSPS) is 13.2. The number of ether oxygens (including phenoxy) is 2. The summed E-state index contributed by atoms with van der Waals surface area (Å²) < 4.78 is 13.5. The van der Waals surface area contributed by atoms with Crippen LogP contribution in [0, 0.1) is 0 Å². The van der Waals surface area contributed by atoms with Gasteiger partial charge < -0.3 is 14.4 Å². The van der Waals surface area contributed by atoms with Crippen molar-refractivity contribution in [1.29, 1.82) is 0 Å². The minimum absolute atomic E-state index is 0.536. The van der Waals surface area contributed by atoms with Crippen molar-refractivity contribution in [3.63, 3.8) is 0 Å². The van der Waals surface area contributed by atoms with E-state index in [0.717, 1.165) is 45.4 Å². The first-order valence-electron chi connectivity index (χ1n) is 19.8. The lowest BCUT2D eigenvalue weighted by Gasteiger charge is -2.31. The summed E-state index contributed by atoms with van der Waals surface area (Å²) in [4.78, 5) is 2.37. The first-order valence-corrected chi connectivity index (χ1v) is 19.8. The Balaban J connectivity index is 1.09. The van der Waals surface area contributed by atoms with Gasteiger partial charge in [0.2, 0.25) is 0 Å². The fraction of sp³-hybridized carbons (Fsp3) is 0.0182. The maximum Gasteiger partial charge on any atom is 0.178 e. The van der Waals surface area contributed by atoms with Crippen molar-refractivity contribution in [1.82, 2.24) is 0 Å². The minimum atomic E-state index is -0.536. The van der Waals surface area contributed by atoms with Crippen molar-refractivity contribution in [3.8, 4) is 67.5 Å². The summed E-state index contributed by atoms with van der Waals surface area (Å²) in [5, 5.41) is 0. The van der Waals surface area contributed by atoms with Crippen LogP contribution in [-0.2, 0) is 5.41 Å². The molecule has 0 saturated heterocycles. The van der Waals surface area contributed by atoms with E-state index in [1.807, 2.05) is 24.3 Å². The van der Waals surface area contributed by atoms with Gasteiger partial charge in [0.15, 0.2) is 23.0 Å². The van der Waals surface area contributed by atoms with Gasteiger partial charge in [-0.3, -0.25) is 0 Å². The third kappa shape index (κ3) is 4.74. The van der Waals surface area contributed by atoms with Crippen LogP contribution >= 0.6 is 0 Å². The SMILES string of the molecule is c1ccc(-c2ccc(N(c3ccc(-c4ccccc4)cc3)c3ccc4c(c3)-c3c(ccc5c3Oc3ccccc3O5)C43c4ccccc4-c4ccccc43)cc2)cc1. The monoisotopic (exact) mass is 741 g/mol. The number of hydrogen-bond acceptors (Lipinski definition) is 3. The van der Waals surface area contributed by atoms with Crippen LogP contribution in [0.1, 0.15) is 22.3 Å². The lowest BCUT2D eigenvalue weighted by molar-refractivity contribution is 0.360. The molecule has 0 unspecified atom stereocenters. The van der Waals surface area contributed by atoms with E-state index in [4.69, 9.17) is 9.47 Å². The van der Waals surface area contributed by atoms with Gasteiger partial charge in [0.1, 0.15) is 0 Å². The van der Waals surface area contributed by atoms with Crippen LogP contribution < -0.4 is 14.4 Å². The Hall–Kier alpha value is -7.62. The van der Waals surface area contributed by atoms with Crippen molar-refractivity contribution in [3.05, 3.63) is 235 Å². The summed E-state index contributed by atoms with van der Waals surface area (Å²) in [6.45, 7) is 0. The molecule has 0 saturated carbocycles. The molecular formula is C55H35NO2. The van der Waals surface area contributed by atoms with Crippen molar-refractivity contribution in [2.24, 2.45) is 0 Å². The summed E-state index contributed by atoms with van der Waals surface area (Å²) in [6.07, 6.45) is 0. The molecule has 1 spiro atoms. The summed E-state index contributed by atoms with van der Waals surface area (Å²) >= 11 is 0. The second-order valence-corrected chi connectivity index (χ2v) is 15.2. The number of anilines is 3. The summed E-state index contributed by atoms with van der Waals surface area (Å²) in [6, 6.07) is 76.0. The molecule has 272 valence electrons. The van der Waals surface area contributed by atoms with E-state index in [0.29, 0.717) is 5.75 Å². The number of rotatable bonds is 5. The Labute approximate surface area is 337 Å². The standard InChI is InChI=1S/C55H35NO2/c1-3-13-36(14-4-1)38-23-27-40(28-24-38)56(41-29-25-39(26-30-41)37-15-5-2-6-16-37)42-31-32-48-45(35-42)53-49(33-34-52-54(53)58-51-22-12-11-21-50(51)57-52)55(48)46-19-9-7-17-43(46)44-18-8-10-20-47(44)55/h1-35H. The Morgan fingerprint density at radius 2 is 0.759 bits per heavy atom. The molecule has 0 aromatic heterocycles. The molecule has 3 nitrogen and oxygen atoms in total. The Morgan fingerprint density at radius 1 is 0.310 bits per heavy atom. The van der Waals surface area contributed by atoms with Gasteiger partial charge >= 0.3 is 0 Å². The van der Waals surface area contributed by atoms with Crippen LogP contribution in [0.15, 0.2) is 212 Å². The van der Waals surface area contributed by atoms with E-state index in [-0.39, 0.29) is 0 Å². The Kier molecular flexibility index (Phi) is 7.14. The molecule has 1 aliphatic heterocycles. The van der Waals surface area contributed by atoms with Crippen LogP contribution in [0.3, 0.4) is 0 Å². The van der Waals surface area contributed by atoms with Gasteiger partial charge in [-0.05, 0) is 116 Å². The molecule has 9 aromatic rings. The molecule has 0 radical (unpaired) electrons. The molecule has 0 atom stereocenters. The van der Waals surface area contributed by atoms with Gasteiger partial charge in [0.25, 0.3) is 0 Å². The summed E-state index contributed by atoms with van der Waals surface area (Å²) in [5.74, 6) is 2.90. The molecule has 12 rings (SSSR count). The fourth-order valence-electron chi connectivity index (χ4n) is 9.65. The fourth-order valence-corrected chi connectivity index (χ4v) is 9.65. The maximum atomic E-state index is 6.90. The van der Waals surface area contributed by atoms with Crippen molar-refractivity contribution >= 4 is 17.1 Å². The van der Waals surface area contributed by atoms with E-state index in [1.54, 1.807) is 0 Å². The van der Waals surface area contributed by atoms with Crippen LogP contribution in [0.2, 0.25) is 0 Å². The van der Waals surface area contributed by atoms with Gasteiger partial charge in [-0.25, -0.2) is 0 Å². The number of para-hydroxylation sites is 2. The zero-order chi connectivity index (χ0) is 38.2. The zero-order valence-electron chi connectivity index (χ0n) is 31.5. The number of fused-ring (bicyclic) bond motifs is 13. The summed E-state index contributed by atoms with van der Waals surface area (Å²) in [7, 11) is 0. The molecule has 3 heteroatoms. The Bertz CT molecular complexity index is 2910. The first-order chi connectivity index (χ1) is 28.8. The highest BCUT2D eigenvalue weighted by Crippen LogP contribution is 2.66. The maximum absolute atomic E-state index is 6.90. The largest absolute Gasteiger partial charge is 0.449 e. The van der Waals surface area contributed by atoms with Crippen LogP contribution in [0.25, 0.3) is 44.5 Å². The van der Waals surface area contributed by atoms with E-state index in [2.05, 4.69) is 193 Å². The average Bonchev–Trinajstić information content (AvgIpc) is 3.77. The molecule has 0 N–H and O–H groups in total. The van der Waals surface area contributed by atoms with Crippen molar-refractivity contribution in [2.45, 2.75) is 5.41 Å². The topological polar surface area (TPSA) is 21.7 Å². The van der Waals surface area contributed by atoms with Crippen LogP contribution in [0.5, 0.6) is 23.0 Å². The van der Waals surface area contributed by atoms with E-state index >= 15 is 0 Å². The lowest BCUT2D eigenvalue weighted by Crippen LogP contribution is -2.26. The second kappa shape index (κ2) is 12.7. The van der Waals surface area contributed by atoms with Crippen molar-refractivity contribution in [2.75, 3.05) is 4.90 Å². The lowest BCUT2D eigenvalue weighted by atomic mass is 9.70. The average molecular weight is 742 g/mol. The molecule has 0 bridgehead atoms. The highest BCUT2D eigenvalue weighted by atomic mass is 16.6. The van der Waals surface area contributed by atoms with Gasteiger partial charge in [0, 0.05) is 22.6 Å². The summed E-state index contributed by atoms with van der Waals surface area (Å²) in [5.41, 5.74) is 17.1. The molecule has 9 aromatic carbocycles. The molecule has 1 heterocycles. The number of nitrogens with zero attached hydrogens (tertiary/aromatic N) is 1. The van der Waals surface area contributed by atoms with Crippen LogP contribution in [-0.4, -0.2) is 0 Å². The molecule has 0 fully saturated rings. The highest BCUT2D eigenvalue weighted by Gasteiger charge is 2.53. The quantitative estimate of drug-likeness (QED) is 0.175. The first kappa shape index (κ1) is 32.6.